The van der Waals surface area contributed by atoms with Crippen LogP contribution in [0, 0.1) is 0 Å². The number of thioether (sulfide) groups is 1. The second-order valence-corrected chi connectivity index (χ2v) is 5.61. The zero-order valence-electron chi connectivity index (χ0n) is 12.1. The van der Waals surface area contributed by atoms with Gasteiger partial charge in [-0.2, -0.15) is 16.7 Å². The van der Waals surface area contributed by atoms with Gasteiger partial charge in [0.25, 0.3) is 5.56 Å². The molecule has 20 heavy (non-hydrogen) atoms. The van der Waals surface area contributed by atoms with Crippen molar-refractivity contribution in [3.63, 3.8) is 0 Å². The number of aromatic nitrogens is 4. The molecule has 0 fully saturated rings. The van der Waals surface area contributed by atoms with E-state index in [-0.39, 0.29) is 17.3 Å². The predicted octanol–water partition coefficient (Wildman–Crippen LogP) is 0.514. The molecule has 8 heteroatoms. The molecule has 2 N–H and O–H groups in total. The second kappa shape index (κ2) is 5.74. The molecule has 2 rings (SSSR count). The molecule has 0 radical (unpaired) electrons. The molecular weight excluding hydrogens is 278 g/mol. The summed E-state index contributed by atoms with van der Waals surface area (Å²) in [6, 6.07) is 0.270. The summed E-state index contributed by atoms with van der Waals surface area (Å²) in [5.74, 6) is 1.48. The number of anilines is 1. The van der Waals surface area contributed by atoms with E-state index in [9.17, 15) is 9.59 Å². The highest BCUT2D eigenvalue weighted by Crippen LogP contribution is 2.12. The summed E-state index contributed by atoms with van der Waals surface area (Å²) in [7, 11) is 3.06. The third-order valence-electron chi connectivity index (χ3n) is 3.30. The summed E-state index contributed by atoms with van der Waals surface area (Å²) in [4.78, 5) is 31.2. The number of hydrogen-bond acceptors (Lipinski definition) is 5. The van der Waals surface area contributed by atoms with Crippen molar-refractivity contribution in [2.75, 3.05) is 17.3 Å². The van der Waals surface area contributed by atoms with E-state index in [0.29, 0.717) is 17.1 Å². The lowest BCUT2D eigenvalue weighted by atomic mass is 10.3. The molecule has 0 amide bonds. The molecule has 7 nitrogen and oxygen atoms in total. The molecule has 2 heterocycles. The number of aryl methyl sites for hydroxylation is 1. The molecule has 0 saturated carbocycles. The van der Waals surface area contributed by atoms with Crippen molar-refractivity contribution < 1.29 is 0 Å². The fourth-order valence-corrected chi connectivity index (χ4v) is 2.77. The van der Waals surface area contributed by atoms with Gasteiger partial charge in [-0.05, 0) is 12.7 Å². The normalized spacial score (nSPS) is 12.8. The van der Waals surface area contributed by atoms with Crippen molar-refractivity contribution in [2.45, 2.75) is 19.4 Å². The topological polar surface area (TPSA) is 84.7 Å². The average Bonchev–Trinajstić information content (AvgIpc) is 2.86. The Hall–Kier alpha value is -1.70. The monoisotopic (exact) mass is 297 g/mol. The lowest BCUT2D eigenvalue weighted by Crippen LogP contribution is -2.36. The first kappa shape index (κ1) is 14.7. The highest BCUT2D eigenvalue weighted by molar-refractivity contribution is 7.98. The maximum atomic E-state index is 12.0. The van der Waals surface area contributed by atoms with Crippen molar-refractivity contribution in [3.05, 3.63) is 20.8 Å². The van der Waals surface area contributed by atoms with Gasteiger partial charge in [0.05, 0.1) is 0 Å². The summed E-state index contributed by atoms with van der Waals surface area (Å²) >= 11 is 1.75. The number of nitrogens with zero attached hydrogens (tertiary/aromatic N) is 3. The first-order chi connectivity index (χ1) is 9.49. The molecule has 0 aliphatic rings. The van der Waals surface area contributed by atoms with Gasteiger partial charge in [0.2, 0.25) is 5.95 Å². The number of rotatable bonds is 5. The molecule has 110 valence electrons. The fraction of sp³-hybridized carbons (Fsp3) is 0.583. The third kappa shape index (κ3) is 2.47. The van der Waals surface area contributed by atoms with Crippen LogP contribution in [0.25, 0.3) is 11.2 Å². The van der Waals surface area contributed by atoms with Crippen LogP contribution in [0.5, 0.6) is 0 Å². The smallest absolute Gasteiger partial charge is 0.332 e. The molecule has 0 bridgehead atoms. The Balaban J connectivity index is 2.49. The van der Waals surface area contributed by atoms with Gasteiger partial charge in [-0.1, -0.05) is 6.92 Å². The zero-order chi connectivity index (χ0) is 14.9. The minimum Gasteiger partial charge on any atom is -0.352 e. The van der Waals surface area contributed by atoms with Crippen LogP contribution in [0.1, 0.15) is 13.3 Å². The highest BCUT2D eigenvalue weighted by atomic mass is 32.2. The minimum atomic E-state index is -0.378. The first-order valence-corrected chi connectivity index (χ1v) is 7.80. The molecule has 0 saturated heterocycles. The van der Waals surface area contributed by atoms with Gasteiger partial charge in [-0.3, -0.25) is 13.9 Å². The van der Waals surface area contributed by atoms with Crippen molar-refractivity contribution in [2.24, 2.45) is 14.1 Å². The maximum Gasteiger partial charge on any atom is 0.332 e. The molecule has 0 spiro atoms. The van der Waals surface area contributed by atoms with Gasteiger partial charge in [-0.25, -0.2) is 4.79 Å². The van der Waals surface area contributed by atoms with E-state index in [1.54, 1.807) is 18.8 Å². The van der Waals surface area contributed by atoms with Gasteiger partial charge >= 0.3 is 5.69 Å². The number of H-pyrrole nitrogens is 1. The molecule has 2 aromatic heterocycles. The number of nitrogens with one attached hydrogen (secondary N) is 2. The Morgan fingerprint density at radius 2 is 2.05 bits per heavy atom. The van der Waals surface area contributed by atoms with Crippen molar-refractivity contribution in [3.8, 4) is 0 Å². The Bertz CT molecular complexity index is 730. The predicted molar refractivity (Wildman–Crippen MR) is 82.7 cm³/mol. The Kier molecular flexibility index (Phi) is 4.22. The lowest BCUT2D eigenvalue weighted by molar-refractivity contribution is 0.708. The van der Waals surface area contributed by atoms with Crippen molar-refractivity contribution in [1.29, 1.82) is 0 Å². The molecular formula is C12H19N5O2S. The van der Waals surface area contributed by atoms with Gasteiger partial charge in [0, 0.05) is 25.9 Å². The van der Waals surface area contributed by atoms with Gasteiger partial charge in [0.1, 0.15) is 0 Å². The molecule has 0 aliphatic heterocycles. The van der Waals surface area contributed by atoms with E-state index in [2.05, 4.69) is 22.2 Å². The third-order valence-corrected chi connectivity index (χ3v) is 4.03. The quantitative estimate of drug-likeness (QED) is 0.840. The summed E-state index contributed by atoms with van der Waals surface area (Å²) in [6.07, 6.45) is 3.00. The molecule has 2 aromatic rings. The van der Waals surface area contributed by atoms with E-state index in [1.807, 2.05) is 6.26 Å². The van der Waals surface area contributed by atoms with E-state index < -0.39 is 0 Å². The highest BCUT2D eigenvalue weighted by Gasteiger charge is 2.14. The summed E-state index contributed by atoms with van der Waals surface area (Å²) in [5, 5.41) is 3.26. The van der Waals surface area contributed by atoms with E-state index in [4.69, 9.17) is 0 Å². The van der Waals surface area contributed by atoms with Crippen molar-refractivity contribution in [1.82, 2.24) is 19.1 Å². The zero-order valence-corrected chi connectivity index (χ0v) is 12.9. The van der Waals surface area contributed by atoms with Crippen LogP contribution in [0.4, 0.5) is 5.95 Å². The van der Waals surface area contributed by atoms with Crippen LogP contribution in [-0.4, -0.2) is 37.2 Å². The fourth-order valence-electron chi connectivity index (χ4n) is 2.05. The van der Waals surface area contributed by atoms with Gasteiger partial charge < -0.3 is 10.3 Å². The van der Waals surface area contributed by atoms with Crippen LogP contribution in [0.15, 0.2) is 9.59 Å². The molecule has 0 aromatic carbocycles. The SMILES string of the molecule is CCC(CSC)Nc1nc2c([nH]1)c(=O)n(C)c(=O)n2C. The molecule has 0 aliphatic carbocycles. The number of imidazole rings is 1. The molecule has 1 unspecified atom stereocenters. The first-order valence-electron chi connectivity index (χ1n) is 6.40. The van der Waals surface area contributed by atoms with E-state index in [1.165, 1.54) is 11.6 Å². The van der Waals surface area contributed by atoms with Gasteiger partial charge in [0.15, 0.2) is 11.2 Å². The van der Waals surface area contributed by atoms with Crippen LogP contribution in [0.3, 0.4) is 0 Å². The van der Waals surface area contributed by atoms with Crippen LogP contribution >= 0.6 is 11.8 Å². The standard InChI is InChI=1S/C12H19N5O2S/c1-5-7(6-20-4)13-11-14-8-9(15-11)16(2)12(19)17(3)10(8)18/h7H,5-6H2,1-4H3,(H2,13,14,15). The van der Waals surface area contributed by atoms with Crippen LogP contribution < -0.4 is 16.6 Å². The maximum absolute atomic E-state index is 12.0. The number of fused-ring (bicyclic) bond motifs is 1. The number of hydrogen-bond donors (Lipinski definition) is 2. The Morgan fingerprint density at radius 3 is 2.65 bits per heavy atom. The van der Waals surface area contributed by atoms with Crippen LogP contribution in [-0.2, 0) is 14.1 Å². The average molecular weight is 297 g/mol. The van der Waals surface area contributed by atoms with E-state index in [0.717, 1.165) is 16.7 Å². The van der Waals surface area contributed by atoms with Crippen LogP contribution in [0.2, 0.25) is 0 Å². The Morgan fingerprint density at radius 1 is 1.35 bits per heavy atom. The summed E-state index contributed by atoms with van der Waals surface area (Å²) < 4.78 is 2.44. The van der Waals surface area contributed by atoms with Crippen molar-refractivity contribution >= 4 is 28.9 Å². The van der Waals surface area contributed by atoms with Gasteiger partial charge in [-0.15, -0.1) is 0 Å². The summed E-state index contributed by atoms with van der Waals surface area (Å²) in [6.45, 7) is 2.09. The largest absolute Gasteiger partial charge is 0.352 e. The van der Waals surface area contributed by atoms with E-state index >= 15 is 0 Å². The number of aromatic amines is 1. The second-order valence-electron chi connectivity index (χ2n) is 4.69. The minimum absolute atomic E-state index is 0.270. The summed E-state index contributed by atoms with van der Waals surface area (Å²) in [5.41, 5.74) is -0.0195. The lowest BCUT2D eigenvalue weighted by Gasteiger charge is -2.14. The Labute approximate surface area is 120 Å². The molecule has 1 atom stereocenters.